The summed E-state index contributed by atoms with van der Waals surface area (Å²) in [5.41, 5.74) is 6.19. The van der Waals surface area contributed by atoms with Gasteiger partial charge < -0.3 is 19.8 Å². The number of H-pyrrole nitrogens is 2. The first kappa shape index (κ1) is 18.1. The number of nitrogens with zero attached hydrogens (tertiary/aromatic N) is 6. The van der Waals surface area contributed by atoms with E-state index < -0.39 is 0 Å². The van der Waals surface area contributed by atoms with Crippen LogP contribution in [-0.4, -0.2) is 81.7 Å². The topological polar surface area (TPSA) is 88.6 Å². The van der Waals surface area contributed by atoms with Gasteiger partial charge in [-0.2, -0.15) is 0 Å². The minimum Gasteiger partial charge on any atom is -0.358 e. The highest BCUT2D eigenvalue weighted by Gasteiger charge is 2.17. The Bertz CT molecular complexity index is 1250. The van der Waals surface area contributed by atoms with Gasteiger partial charge >= 0.3 is 0 Å². The number of hydrogen-bond donors (Lipinski definition) is 2. The van der Waals surface area contributed by atoms with Crippen LogP contribution in [0.5, 0.6) is 0 Å². The molecule has 0 unspecified atom stereocenters. The summed E-state index contributed by atoms with van der Waals surface area (Å²) in [5.74, 6) is 3.87. The summed E-state index contributed by atoms with van der Waals surface area (Å²) in [7, 11) is 4.16. The number of amidine groups is 2. The number of aliphatic imine (C=N–C) groups is 2. The van der Waals surface area contributed by atoms with E-state index in [4.69, 9.17) is 9.97 Å². The summed E-state index contributed by atoms with van der Waals surface area (Å²) >= 11 is 0. The van der Waals surface area contributed by atoms with Gasteiger partial charge in [-0.3, -0.25) is 9.98 Å². The lowest BCUT2D eigenvalue weighted by Crippen LogP contribution is -2.23. The normalized spacial score (nSPS) is 16.6. The first-order valence-corrected chi connectivity index (χ1v) is 10.6. The molecule has 0 saturated carbocycles. The quantitative estimate of drug-likeness (QED) is 0.539. The first-order valence-electron chi connectivity index (χ1n) is 10.6. The lowest BCUT2D eigenvalue weighted by atomic mass is 10.2. The summed E-state index contributed by atoms with van der Waals surface area (Å²) in [5, 5.41) is 0. The fourth-order valence-corrected chi connectivity index (χ4v) is 4.41. The third kappa shape index (κ3) is 3.15. The highest BCUT2D eigenvalue weighted by atomic mass is 15.2. The second-order valence-corrected chi connectivity index (χ2v) is 8.26. The van der Waals surface area contributed by atoms with Crippen LogP contribution in [0.1, 0.15) is 22.8 Å². The van der Waals surface area contributed by atoms with Crippen molar-refractivity contribution in [3.63, 3.8) is 0 Å². The number of aromatic nitrogens is 4. The second kappa shape index (κ2) is 6.94. The highest BCUT2D eigenvalue weighted by molar-refractivity contribution is 6.02. The lowest BCUT2D eigenvalue weighted by molar-refractivity contribution is 0.557. The molecular formula is C23H24N8. The Balaban J connectivity index is 1.28. The Morgan fingerprint density at radius 1 is 0.742 bits per heavy atom. The monoisotopic (exact) mass is 412 g/mol. The molecule has 6 rings (SSSR count). The van der Waals surface area contributed by atoms with Crippen LogP contribution in [0.15, 0.2) is 46.4 Å². The molecule has 8 nitrogen and oxygen atoms in total. The highest BCUT2D eigenvalue weighted by Crippen LogP contribution is 2.20. The lowest BCUT2D eigenvalue weighted by Gasteiger charge is -2.13. The van der Waals surface area contributed by atoms with E-state index >= 15 is 0 Å². The maximum atomic E-state index is 4.81. The van der Waals surface area contributed by atoms with E-state index in [2.05, 4.69) is 80.2 Å². The Labute approximate surface area is 179 Å². The van der Waals surface area contributed by atoms with Crippen molar-refractivity contribution in [3.8, 4) is 0 Å². The standard InChI is InChI=1S/C23H24N8/c1-30-9-7-24-22(30)14-3-5-16-18(11-14)28-20(26-16)13-21-27-17-6-4-15(12-19(17)29-21)23-25-8-10-31(23)2/h3-6,11-12H,7-10,13H2,1-2H3,(H,26,28)(H,27,29). The fraction of sp³-hybridized carbons (Fsp3) is 0.304. The van der Waals surface area contributed by atoms with Crippen LogP contribution in [0, 0.1) is 0 Å². The van der Waals surface area contributed by atoms with E-state index in [1.54, 1.807) is 0 Å². The van der Waals surface area contributed by atoms with Crippen molar-refractivity contribution >= 4 is 33.7 Å². The molecule has 31 heavy (non-hydrogen) atoms. The maximum absolute atomic E-state index is 4.81. The maximum Gasteiger partial charge on any atom is 0.130 e. The summed E-state index contributed by atoms with van der Waals surface area (Å²) in [6.07, 6.45) is 0.621. The van der Waals surface area contributed by atoms with Crippen molar-refractivity contribution in [2.24, 2.45) is 9.98 Å². The number of likely N-dealkylation sites (N-methyl/N-ethyl adjacent to an activating group) is 2. The van der Waals surface area contributed by atoms with E-state index in [0.717, 1.165) is 82.7 Å². The van der Waals surface area contributed by atoms with Gasteiger partial charge in [0.05, 0.1) is 41.6 Å². The Hall–Kier alpha value is -3.68. The number of rotatable bonds is 4. The molecule has 156 valence electrons. The minimum absolute atomic E-state index is 0.621. The molecule has 2 aliphatic rings. The predicted molar refractivity (Wildman–Crippen MR) is 123 cm³/mol. The summed E-state index contributed by atoms with van der Waals surface area (Å²) in [6, 6.07) is 12.6. The van der Waals surface area contributed by atoms with Crippen LogP contribution in [0.4, 0.5) is 0 Å². The van der Waals surface area contributed by atoms with E-state index in [-0.39, 0.29) is 0 Å². The summed E-state index contributed by atoms with van der Waals surface area (Å²) in [6.45, 7) is 3.65. The average Bonchev–Trinajstić information content (AvgIpc) is 3.53. The van der Waals surface area contributed by atoms with Crippen LogP contribution in [0.3, 0.4) is 0 Å². The third-order valence-electron chi connectivity index (χ3n) is 6.03. The van der Waals surface area contributed by atoms with Gasteiger partial charge in [0.1, 0.15) is 23.3 Å². The van der Waals surface area contributed by atoms with Gasteiger partial charge in [-0.05, 0) is 36.4 Å². The fourth-order valence-electron chi connectivity index (χ4n) is 4.41. The Kier molecular flexibility index (Phi) is 4.05. The van der Waals surface area contributed by atoms with Gasteiger partial charge in [-0.25, -0.2) is 9.97 Å². The summed E-state index contributed by atoms with van der Waals surface area (Å²) in [4.78, 5) is 30.1. The van der Waals surface area contributed by atoms with E-state index in [0.29, 0.717) is 6.42 Å². The number of nitrogens with one attached hydrogen (secondary N) is 2. The van der Waals surface area contributed by atoms with Crippen LogP contribution in [-0.2, 0) is 6.42 Å². The zero-order chi connectivity index (χ0) is 20.9. The van der Waals surface area contributed by atoms with Crippen molar-refractivity contribution in [1.82, 2.24) is 29.7 Å². The van der Waals surface area contributed by atoms with E-state index in [1.165, 1.54) is 0 Å². The van der Waals surface area contributed by atoms with Gasteiger partial charge in [0.25, 0.3) is 0 Å². The number of benzene rings is 2. The van der Waals surface area contributed by atoms with Crippen molar-refractivity contribution in [1.29, 1.82) is 0 Å². The van der Waals surface area contributed by atoms with E-state index in [9.17, 15) is 0 Å². The van der Waals surface area contributed by atoms with E-state index in [1.807, 2.05) is 0 Å². The number of aromatic amines is 2. The molecule has 4 aromatic rings. The third-order valence-corrected chi connectivity index (χ3v) is 6.03. The number of imidazole rings is 2. The second-order valence-electron chi connectivity index (χ2n) is 8.26. The largest absolute Gasteiger partial charge is 0.358 e. The predicted octanol–water partition coefficient (Wildman–Crippen LogP) is 2.41. The molecule has 8 heteroatoms. The van der Waals surface area contributed by atoms with Crippen molar-refractivity contribution < 1.29 is 0 Å². The molecule has 4 heterocycles. The Morgan fingerprint density at radius 2 is 1.23 bits per heavy atom. The van der Waals surface area contributed by atoms with Crippen LogP contribution in [0.2, 0.25) is 0 Å². The molecule has 2 aromatic carbocycles. The van der Waals surface area contributed by atoms with Crippen molar-refractivity contribution in [3.05, 3.63) is 59.2 Å². The molecular weight excluding hydrogens is 388 g/mol. The van der Waals surface area contributed by atoms with Crippen LogP contribution < -0.4 is 0 Å². The number of hydrogen-bond acceptors (Lipinski definition) is 6. The number of fused-ring (bicyclic) bond motifs is 2. The molecule has 0 radical (unpaired) electrons. The molecule has 2 aliphatic heterocycles. The molecule has 0 atom stereocenters. The van der Waals surface area contributed by atoms with Gasteiger partial charge in [-0.15, -0.1) is 0 Å². The molecule has 2 N–H and O–H groups in total. The molecule has 0 aliphatic carbocycles. The summed E-state index contributed by atoms with van der Waals surface area (Å²) < 4.78 is 0. The van der Waals surface area contributed by atoms with Gasteiger partial charge in [-0.1, -0.05) is 0 Å². The molecule has 2 aromatic heterocycles. The molecule has 0 bridgehead atoms. The molecule has 0 spiro atoms. The van der Waals surface area contributed by atoms with Crippen molar-refractivity contribution in [2.45, 2.75) is 6.42 Å². The zero-order valence-corrected chi connectivity index (χ0v) is 17.7. The van der Waals surface area contributed by atoms with Crippen LogP contribution >= 0.6 is 0 Å². The van der Waals surface area contributed by atoms with Gasteiger partial charge in [0.15, 0.2) is 0 Å². The Morgan fingerprint density at radius 3 is 1.65 bits per heavy atom. The minimum atomic E-state index is 0.621. The molecule has 0 saturated heterocycles. The first-order chi connectivity index (χ1) is 15.1. The smallest absolute Gasteiger partial charge is 0.130 e. The average molecular weight is 413 g/mol. The van der Waals surface area contributed by atoms with Crippen LogP contribution in [0.25, 0.3) is 22.1 Å². The molecule has 0 fully saturated rings. The van der Waals surface area contributed by atoms with Gasteiger partial charge in [0.2, 0.25) is 0 Å². The SMILES string of the molecule is CN1CCN=C1c1ccc2[nH]c(Cc3nc4cc(C5=NCCN5C)ccc4[nH]3)nc2c1. The zero-order valence-electron chi connectivity index (χ0n) is 17.7. The van der Waals surface area contributed by atoms with Crippen molar-refractivity contribution in [2.75, 3.05) is 40.3 Å². The van der Waals surface area contributed by atoms with Gasteiger partial charge in [0, 0.05) is 38.3 Å². The molecule has 0 amide bonds.